The van der Waals surface area contributed by atoms with Crippen molar-refractivity contribution >= 4 is 22.9 Å². The molecule has 0 aliphatic rings. The third-order valence-corrected chi connectivity index (χ3v) is 4.28. The molecule has 2 aromatic rings. The second kappa shape index (κ2) is 7.23. The highest BCUT2D eigenvalue weighted by molar-refractivity contribution is 7.16. The lowest BCUT2D eigenvalue weighted by atomic mass is 10.0. The van der Waals surface area contributed by atoms with Crippen molar-refractivity contribution in [3.63, 3.8) is 0 Å². The Morgan fingerprint density at radius 2 is 1.95 bits per heavy atom. The summed E-state index contributed by atoms with van der Waals surface area (Å²) in [6.45, 7) is 3.60. The first-order valence-electron chi connectivity index (χ1n) is 6.71. The molecule has 0 fully saturated rings. The standard InChI is InChI=1S/C16H20ClNOS/c1-4-19-16(14-9-10-15(17)20-14)13-8-6-5-7-12(13)11-18(2)3/h5-10,16H,4,11H2,1-3H3. The number of halogens is 1. The van der Waals surface area contributed by atoms with Crippen LogP contribution in [-0.2, 0) is 11.3 Å². The van der Waals surface area contributed by atoms with Crippen molar-refractivity contribution in [2.24, 2.45) is 0 Å². The van der Waals surface area contributed by atoms with E-state index in [1.165, 1.54) is 11.1 Å². The molecule has 20 heavy (non-hydrogen) atoms. The van der Waals surface area contributed by atoms with E-state index in [1.54, 1.807) is 11.3 Å². The summed E-state index contributed by atoms with van der Waals surface area (Å²) in [7, 11) is 4.16. The van der Waals surface area contributed by atoms with Crippen LogP contribution in [0.2, 0.25) is 4.34 Å². The van der Waals surface area contributed by atoms with Crippen LogP contribution in [0.5, 0.6) is 0 Å². The molecule has 0 saturated heterocycles. The second-order valence-corrected chi connectivity index (χ2v) is 6.66. The van der Waals surface area contributed by atoms with E-state index in [9.17, 15) is 0 Å². The molecule has 2 rings (SSSR count). The summed E-state index contributed by atoms with van der Waals surface area (Å²) in [5.74, 6) is 0. The average molecular weight is 310 g/mol. The largest absolute Gasteiger partial charge is 0.368 e. The molecule has 2 nitrogen and oxygen atoms in total. The van der Waals surface area contributed by atoms with E-state index in [0.717, 1.165) is 15.8 Å². The van der Waals surface area contributed by atoms with Crippen molar-refractivity contribution in [3.8, 4) is 0 Å². The molecule has 4 heteroatoms. The molecule has 0 N–H and O–H groups in total. The summed E-state index contributed by atoms with van der Waals surface area (Å²) in [4.78, 5) is 3.33. The van der Waals surface area contributed by atoms with Crippen molar-refractivity contribution in [1.82, 2.24) is 4.90 Å². The zero-order chi connectivity index (χ0) is 14.5. The lowest BCUT2D eigenvalue weighted by Gasteiger charge is -2.21. The minimum Gasteiger partial charge on any atom is -0.368 e. The molecule has 0 radical (unpaired) electrons. The number of nitrogens with zero attached hydrogens (tertiary/aromatic N) is 1. The summed E-state index contributed by atoms with van der Waals surface area (Å²) < 4.78 is 6.78. The Bertz CT molecular complexity index is 553. The first-order valence-corrected chi connectivity index (χ1v) is 7.90. The Balaban J connectivity index is 2.38. The molecule has 108 valence electrons. The van der Waals surface area contributed by atoms with Crippen LogP contribution in [0.3, 0.4) is 0 Å². The highest BCUT2D eigenvalue weighted by Crippen LogP contribution is 2.35. The van der Waals surface area contributed by atoms with E-state index < -0.39 is 0 Å². The second-order valence-electron chi connectivity index (χ2n) is 4.91. The van der Waals surface area contributed by atoms with Gasteiger partial charge in [0.2, 0.25) is 0 Å². The van der Waals surface area contributed by atoms with Gasteiger partial charge >= 0.3 is 0 Å². The summed E-state index contributed by atoms with van der Waals surface area (Å²) in [5, 5.41) is 0. The summed E-state index contributed by atoms with van der Waals surface area (Å²) in [6.07, 6.45) is -0.0337. The molecule has 0 aliphatic carbocycles. The van der Waals surface area contributed by atoms with Gasteiger partial charge in [-0.3, -0.25) is 0 Å². The minimum absolute atomic E-state index is 0.0337. The molecule has 1 heterocycles. The topological polar surface area (TPSA) is 12.5 Å². The zero-order valence-corrected chi connectivity index (χ0v) is 13.7. The summed E-state index contributed by atoms with van der Waals surface area (Å²) in [5.41, 5.74) is 2.52. The van der Waals surface area contributed by atoms with Crippen LogP contribution in [0, 0.1) is 0 Å². The normalized spacial score (nSPS) is 12.8. The molecule has 0 saturated carbocycles. The molecule has 1 atom stereocenters. The molecule has 1 aromatic carbocycles. The highest BCUT2D eigenvalue weighted by Gasteiger charge is 2.19. The molecule has 0 spiro atoms. The van der Waals surface area contributed by atoms with Gasteiger partial charge in [0.25, 0.3) is 0 Å². The van der Waals surface area contributed by atoms with E-state index in [2.05, 4.69) is 49.3 Å². The van der Waals surface area contributed by atoms with Crippen LogP contribution in [0.15, 0.2) is 36.4 Å². The highest BCUT2D eigenvalue weighted by atomic mass is 35.5. The Kier molecular flexibility index (Phi) is 5.61. The van der Waals surface area contributed by atoms with Gasteiger partial charge in [-0.1, -0.05) is 35.9 Å². The third kappa shape index (κ3) is 3.83. The fourth-order valence-electron chi connectivity index (χ4n) is 2.24. The third-order valence-electron chi connectivity index (χ3n) is 3.01. The smallest absolute Gasteiger partial charge is 0.117 e. The van der Waals surface area contributed by atoms with Gasteiger partial charge in [-0.15, -0.1) is 11.3 Å². The molecule has 0 aliphatic heterocycles. The van der Waals surface area contributed by atoms with Crippen LogP contribution < -0.4 is 0 Å². The Morgan fingerprint density at radius 1 is 1.20 bits per heavy atom. The molecule has 0 amide bonds. The maximum atomic E-state index is 6.07. The fraction of sp³-hybridized carbons (Fsp3) is 0.375. The lowest BCUT2D eigenvalue weighted by molar-refractivity contribution is 0.0927. The van der Waals surface area contributed by atoms with Gasteiger partial charge in [0, 0.05) is 18.0 Å². The number of rotatable bonds is 6. The van der Waals surface area contributed by atoms with Gasteiger partial charge in [0.1, 0.15) is 6.10 Å². The van der Waals surface area contributed by atoms with Crippen molar-refractivity contribution in [1.29, 1.82) is 0 Å². The van der Waals surface area contributed by atoms with Crippen LogP contribution in [0.25, 0.3) is 0 Å². The van der Waals surface area contributed by atoms with Crippen LogP contribution in [0.1, 0.15) is 29.0 Å². The maximum Gasteiger partial charge on any atom is 0.117 e. The number of hydrogen-bond donors (Lipinski definition) is 0. The van der Waals surface area contributed by atoms with Crippen LogP contribution in [0.4, 0.5) is 0 Å². The van der Waals surface area contributed by atoms with Gasteiger partial charge in [-0.2, -0.15) is 0 Å². The first-order chi connectivity index (χ1) is 9.61. The van der Waals surface area contributed by atoms with Gasteiger partial charge in [-0.05, 0) is 44.3 Å². The lowest BCUT2D eigenvalue weighted by Crippen LogP contribution is -2.15. The van der Waals surface area contributed by atoms with Crippen molar-refractivity contribution in [2.45, 2.75) is 19.6 Å². The molecular weight excluding hydrogens is 290 g/mol. The van der Waals surface area contributed by atoms with Crippen molar-refractivity contribution in [2.75, 3.05) is 20.7 Å². The van der Waals surface area contributed by atoms with Gasteiger partial charge in [-0.25, -0.2) is 0 Å². The van der Waals surface area contributed by atoms with E-state index in [-0.39, 0.29) is 6.10 Å². The number of benzene rings is 1. The van der Waals surface area contributed by atoms with Gasteiger partial charge in [0.05, 0.1) is 4.34 Å². The van der Waals surface area contributed by atoms with Crippen LogP contribution in [-0.4, -0.2) is 25.6 Å². The predicted octanol–water partition coefficient (Wildman–Crippen LogP) is 4.59. The quantitative estimate of drug-likeness (QED) is 0.774. The Hall–Kier alpha value is -0.870. The fourth-order valence-corrected chi connectivity index (χ4v) is 3.37. The summed E-state index contributed by atoms with van der Waals surface area (Å²) in [6, 6.07) is 12.4. The SMILES string of the molecule is CCOC(c1ccc(Cl)s1)c1ccccc1CN(C)C. The molecule has 1 aromatic heterocycles. The molecular formula is C16H20ClNOS. The molecule has 1 unspecified atom stereocenters. The Labute approximate surface area is 129 Å². The monoisotopic (exact) mass is 309 g/mol. The zero-order valence-electron chi connectivity index (χ0n) is 12.1. The van der Waals surface area contributed by atoms with E-state index in [4.69, 9.17) is 16.3 Å². The van der Waals surface area contributed by atoms with E-state index in [1.807, 2.05) is 13.0 Å². The first kappa shape index (κ1) is 15.5. The van der Waals surface area contributed by atoms with Gasteiger partial charge in [0.15, 0.2) is 0 Å². The van der Waals surface area contributed by atoms with E-state index >= 15 is 0 Å². The number of hydrogen-bond acceptors (Lipinski definition) is 3. The number of thiophene rings is 1. The van der Waals surface area contributed by atoms with Crippen molar-refractivity contribution < 1.29 is 4.74 Å². The minimum atomic E-state index is -0.0337. The Morgan fingerprint density at radius 3 is 2.55 bits per heavy atom. The summed E-state index contributed by atoms with van der Waals surface area (Å²) >= 11 is 7.66. The predicted molar refractivity (Wildman–Crippen MR) is 86.6 cm³/mol. The number of ether oxygens (including phenoxy) is 1. The van der Waals surface area contributed by atoms with Crippen LogP contribution >= 0.6 is 22.9 Å². The van der Waals surface area contributed by atoms with Crippen molar-refractivity contribution in [3.05, 3.63) is 56.7 Å². The van der Waals surface area contributed by atoms with E-state index in [0.29, 0.717) is 6.61 Å². The molecule has 0 bridgehead atoms. The van der Waals surface area contributed by atoms with Gasteiger partial charge < -0.3 is 9.64 Å². The maximum absolute atomic E-state index is 6.07. The average Bonchev–Trinajstić information content (AvgIpc) is 2.83.